The molecule has 0 aliphatic carbocycles. The van der Waals surface area contributed by atoms with Gasteiger partial charge in [0.2, 0.25) is 5.56 Å². The number of halogens is 1. The van der Waals surface area contributed by atoms with Gasteiger partial charge in [0, 0.05) is 36.6 Å². The van der Waals surface area contributed by atoms with Gasteiger partial charge in [0.05, 0.1) is 24.3 Å². The van der Waals surface area contributed by atoms with Gasteiger partial charge in [0.1, 0.15) is 5.56 Å². The number of aryl methyl sites for hydroxylation is 1. The Morgan fingerprint density at radius 2 is 2.04 bits per heavy atom. The molecule has 10 heteroatoms. The van der Waals surface area contributed by atoms with Gasteiger partial charge in [-0.05, 0) is 12.1 Å². The van der Waals surface area contributed by atoms with Crippen molar-refractivity contribution in [3.8, 4) is 11.1 Å². The van der Waals surface area contributed by atoms with Gasteiger partial charge in [-0.3, -0.25) is 14.6 Å². The van der Waals surface area contributed by atoms with Crippen LogP contribution in [0.25, 0.3) is 16.8 Å². The third-order valence-corrected chi connectivity index (χ3v) is 4.16. The van der Waals surface area contributed by atoms with Crippen LogP contribution in [0.4, 0.5) is 15.9 Å². The van der Waals surface area contributed by atoms with Crippen molar-refractivity contribution in [2.75, 3.05) is 11.1 Å². The molecule has 4 aromatic rings. The van der Waals surface area contributed by atoms with Crippen LogP contribution in [0, 0.1) is 5.82 Å². The normalized spacial score (nSPS) is 10.9. The van der Waals surface area contributed by atoms with Gasteiger partial charge < -0.3 is 15.6 Å². The SMILES string of the molecule is Cn1cc(-c2ccncc2NC(=O)c2c(N)nn3cc(F)cnc23)ccc1=O. The number of nitrogen functional groups attached to an aromatic ring is 1. The number of hydrogen-bond acceptors (Lipinski definition) is 6. The first-order valence-corrected chi connectivity index (χ1v) is 8.16. The Kier molecular flexibility index (Phi) is 4.07. The van der Waals surface area contributed by atoms with Crippen molar-refractivity contribution in [3.63, 3.8) is 0 Å². The van der Waals surface area contributed by atoms with Crippen molar-refractivity contribution in [2.24, 2.45) is 7.05 Å². The molecular weight excluding hydrogens is 365 g/mol. The van der Waals surface area contributed by atoms with Crippen LogP contribution in [-0.2, 0) is 7.05 Å². The molecule has 0 radical (unpaired) electrons. The highest BCUT2D eigenvalue weighted by molar-refractivity contribution is 6.12. The van der Waals surface area contributed by atoms with E-state index in [0.29, 0.717) is 16.8 Å². The molecule has 0 atom stereocenters. The van der Waals surface area contributed by atoms with Crippen LogP contribution < -0.4 is 16.6 Å². The number of aromatic nitrogens is 5. The van der Waals surface area contributed by atoms with Crippen LogP contribution in [-0.4, -0.2) is 30.1 Å². The van der Waals surface area contributed by atoms with Crippen LogP contribution >= 0.6 is 0 Å². The number of nitrogens with one attached hydrogen (secondary N) is 1. The molecule has 0 unspecified atom stereocenters. The van der Waals surface area contributed by atoms with Crippen LogP contribution in [0.2, 0.25) is 0 Å². The number of hydrogen-bond donors (Lipinski definition) is 2. The van der Waals surface area contributed by atoms with E-state index >= 15 is 0 Å². The molecular formula is C18H14FN7O2. The summed E-state index contributed by atoms with van der Waals surface area (Å²) in [5, 5.41) is 6.65. The molecule has 0 bridgehead atoms. The molecule has 140 valence electrons. The summed E-state index contributed by atoms with van der Waals surface area (Å²) in [6.07, 6.45) is 6.77. The zero-order valence-electron chi connectivity index (χ0n) is 14.6. The number of nitrogens with zero attached hydrogens (tertiary/aromatic N) is 5. The van der Waals surface area contributed by atoms with Crippen molar-refractivity contribution in [1.29, 1.82) is 0 Å². The van der Waals surface area contributed by atoms with Gasteiger partial charge in [0.15, 0.2) is 17.3 Å². The van der Waals surface area contributed by atoms with Crippen LogP contribution in [0.5, 0.6) is 0 Å². The Morgan fingerprint density at radius 1 is 1.21 bits per heavy atom. The second kappa shape index (κ2) is 6.58. The number of amides is 1. The molecule has 0 saturated heterocycles. The number of carbonyl (C=O) groups excluding carboxylic acids is 1. The molecule has 0 saturated carbocycles. The molecule has 0 spiro atoms. The fourth-order valence-electron chi connectivity index (χ4n) is 2.83. The van der Waals surface area contributed by atoms with Crippen molar-refractivity contribution in [1.82, 2.24) is 24.1 Å². The van der Waals surface area contributed by atoms with E-state index in [0.717, 1.165) is 16.9 Å². The quantitative estimate of drug-likeness (QED) is 0.556. The van der Waals surface area contributed by atoms with Crippen molar-refractivity contribution >= 4 is 23.1 Å². The van der Waals surface area contributed by atoms with E-state index in [-0.39, 0.29) is 22.6 Å². The molecule has 9 nitrogen and oxygen atoms in total. The minimum absolute atomic E-state index is 0.0234. The first-order chi connectivity index (χ1) is 13.4. The van der Waals surface area contributed by atoms with Gasteiger partial charge in [-0.15, -0.1) is 5.10 Å². The molecule has 0 aromatic carbocycles. The maximum absolute atomic E-state index is 13.3. The fraction of sp³-hybridized carbons (Fsp3) is 0.0556. The predicted octanol–water partition coefficient (Wildman–Crippen LogP) is 1.46. The third kappa shape index (κ3) is 2.96. The number of fused-ring (bicyclic) bond motifs is 1. The Balaban J connectivity index is 1.74. The molecule has 1 amide bonds. The number of pyridine rings is 2. The Labute approximate surface area is 157 Å². The number of rotatable bonds is 3. The molecule has 3 N–H and O–H groups in total. The van der Waals surface area contributed by atoms with Crippen molar-refractivity contribution in [3.05, 3.63) is 70.9 Å². The smallest absolute Gasteiger partial charge is 0.263 e. The van der Waals surface area contributed by atoms with Gasteiger partial charge in [-0.25, -0.2) is 13.9 Å². The monoisotopic (exact) mass is 379 g/mol. The van der Waals surface area contributed by atoms with Crippen molar-refractivity contribution in [2.45, 2.75) is 0 Å². The molecule has 4 aromatic heterocycles. The van der Waals surface area contributed by atoms with Gasteiger partial charge in [-0.1, -0.05) is 0 Å². The molecule has 0 aliphatic heterocycles. The third-order valence-electron chi connectivity index (χ3n) is 4.16. The molecule has 0 aliphatic rings. The summed E-state index contributed by atoms with van der Waals surface area (Å²) in [6, 6.07) is 4.80. The highest BCUT2D eigenvalue weighted by Gasteiger charge is 2.21. The number of nitrogens with two attached hydrogens (primary N) is 1. The lowest BCUT2D eigenvalue weighted by Gasteiger charge is -2.11. The lowest BCUT2D eigenvalue weighted by Crippen LogP contribution is -2.16. The number of carbonyl (C=O) groups is 1. The maximum atomic E-state index is 13.3. The fourth-order valence-corrected chi connectivity index (χ4v) is 2.83. The van der Waals surface area contributed by atoms with Gasteiger partial charge in [-0.2, -0.15) is 0 Å². The summed E-state index contributed by atoms with van der Waals surface area (Å²) in [7, 11) is 1.63. The summed E-state index contributed by atoms with van der Waals surface area (Å²) in [6.45, 7) is 0. The Bertz CT molecular complexity index is 1280. The van der Waals surface area contributed by atoms with E-state index in [9.17, 15) is 14.0 Å². The minimum Gasteiger partial charge on any atom is -0.381 e. The minimum atomic E-state index is -0.605. The summed E-state index contributed by atoms with van der Waals surface area (Å²) < 4.78 is 15.9. The molecule has 4 rings (SSSR count). The highest BCUT2D eigenvalue weighted by atomic mass is 19.1. The average molecular weight is 379 g/mol. The Hall–Kier alpha value is -4.08. The molecule has 0 fully saturated rings. The lowest BCUT2D eigenvalue weighted by molar-refractivity contribution is 0.102. The van der Waals surface area contributed by atoms with Crippen LogP contribution in [0.3, 0.4) is 0 Å². The second-order valence-electron chi connectivity index (χ2n) is 6.04. The first kappa shape index (κ1) is 17.3. The van der Waals surface area contributed by atoms with E-state index in [4.69, 9.17) is 5.73 Å². The zero-order chi connectivity index (χ0) is 19.8. The van der Waals surface area contributed by atoms with E-state index < -0.39 is 11.7 Å². The van der Waals surface area contributed by atoms with Crippen LogP contribution in [0.1, 0.15) is 10.4 Å². The second-order valence-corrected chi connectivity index (χ2v) is 6.04. The summed E-state index contributed by atoms with van der Waals surface area (Å²) >= 11 is 0. The van der Waals surface area contributed by atoms with E-state index in [1.807, 2.05) is 0 Å². The predicted molar refractivity (Wildman–Crippen MR) is 100 cm³/mol. The van der Waals surface area contributed by atoms with E-state index in [1.165, 1.54) is 16.8 Å². The van der Waals surface area contributed by atoms with E-state index in [1.54, 1.807) is 31.6 Å². The maximum Gasteiger partial charge on any atom is 0.263 e. The summed E-state index contributed by atoms with van der Waals surface area (Å²) in [5.41, 5.74) is 7.62. The van der Waals surface area contributed by atoms with Gasteiger partial charge >= 0.3 is 0 Å². The first-order valence-electron chi connectivity index (χ1n) is 8.16. The molecule has 28 heavy (non-hydrogen) atoms. The van der Waals surface area contributed by atoms with E-state index in [2.05, 4.69) is 20.4 Å². The number of anilines is 2. The largest absolute Gasteiger partial charge is 0.381 e. The van der Waals surface area contributed by atoms with Crippen molar-refractivity contribution < 1.29 is 9.18 Å². The lowest BCUT2D eigenvalue weighted by atomic mass is 10.1. The van der Waals surface area contributed by atoms with Crippen LogP contribution in [0.15, 0.2) is 54.0 Å². The average Bonchev–Trinajstić information content (AvgIpc) is 2.99. The summed E-state index contributed by atoms with van der Waals surface area (Å²) in [4.78, 5) is 32.4. The zero-order valence-corrected chi connectivity index (χ0v) is 14.6. The Morgan fingerprint density at radius 3 is 2.82 bits per heavy atom. The topological polar surface area (TPSA) is 120 Å². The molecule has 4 heterocycles. The standard InChI is InChI=1S/C18H14FN7O2/c1-25-8-10(2-3-14(25)27)12-4-5-21-7-13(12)23-18(28)15-16(20)24-26-9-11(19)6-22-17(15)26/h2-9H,1H3,(H2,20,24)(H,23,28). The summed E-state index contributed by atoms with van der Waals surface area (Å²) in [5.74, 6) is -1.25. The van der Waals surface area contributed by atoms with Gasteiger partial charge in [0.25, 0.3) is 5.91 Å². The highest BCUT2D eigenvalue weighted by Crippen LogP contribution is 2.27.